The number of aryl methyl sites for hydroxylation is 1. The van der Waals surface area contributed by atoms with E-state index in [9.17, 15) is 14.9 Å². The van der Waals surface area contributed by atoms with Crippen LogP contribution in [0.5, 0.6) is 0 Å². The van der Waals surface area contributed by atoms with Crippen molar-refractivity contribution in [2.24, 2.45) is 0 Å². The van der Waals surface area contributed by atoms with Crippen molar-refractivity contribution in [2.45, 2.75) is 19.9 Å². The van der Waals surface area contributed by atoms with E-state index in [-0.39, 0.29) is 12.3 Å². The number of carbonyl (C=O) groups is 1. The molecule has 0 aliphatic heterocycles. The molecule has 0 aliphatic rings. The van der Waals surface area contributed by atoms with Gasteiger partial charge in [-0.15, -0.1) is 0 Å². The van der Waals surface area contributed by atoms with E-state index in [0.29, 0.717) is 16.8 Å². The van der Waals surface area contributed by atoms with Crippen LogP contribution in [0.25, 0.3) is 0 Å². The molecule has 7 nitrogen and oxygen atoms in total. The molecule has 7 heteroatoms. The molecule has 0 heterocycles. The number of nitro benzene ring substituents is 1. The largest absolute Gasteiger partial charge is 0.463 e. The smallest absolute Gasteiger partial charge is 0.302 e. The molecule has 2 aromatic rings. The topological polar surface area (TPSA) is 105 Å². The zero-order chi connectivity index (χ0) is 18.4. The second kappa shape index (κ2) is 7.93. The first-order valence-corrected chi connectivity index (χ1v) is 7.55. The second-order valence-corrected chi connectivity index (χ2v) is 5.55. The molecule has 0 fully saturated rings. The molecular formula is C18H17N3O4. The SMILES string of the molecule is CC(=O)OCC(Nc1ccc(C#N)cc1)c1cc(C)cc([N+](=O)[O-])c1. The number of hydrogen-bond acceptors (Lipinski definition) is 6. The highest BCUT2D eigenvalue weighted by Crippen LogP contribution is 2.25. The molecule has 0 saturated carbocycles. The number of nitrogens with one attached hydrogen (secondary N) is 1. The van der Waals surface area contributed by atoms with Gasteiger partial charge in [0, 0.05) is 24.7 Å². The molecule has 1 N–H and O–H groups in total. The Morgan fingerprint density at radius 2 is 2.00 bits per heavy atom. The quantitative estimate of drug-likeness (QED) is 0.490. The summed E-state index contributed by atoms with van der Waals surface area (Å²) in [5.41, 5.74) is 2.58. The minimum atomic E-state index is -0.463. The fraction of sp³-hybridized carbons (Fsp3) is 0.222. The van der Waals surface area contributed by atoms with Crippen LogP contribution >= 0.6 is 0 Å². The van der Waals surface area contributed by atoms with Gasteiger partial charge in [-0.2, -0.15) is 5.26 Å². The van der Waals surface area contributed by atoms with E-state index < -0.39 is 16.9 Å². The Bertz CT molecular complexity index is 825. The molecule has 0 aromatic heterocycles. The first kappa shape index (κ1) is 17.9. The Morgan fingerprint density at radius 1 is 1.32 bits per heavy atom. The number of rotatable bonds is 6. The van der Waals surface area contributed by atoms with Crippen LogP contribution in [0, 0.1) is 28.4 Å². The number of nitrogens with zero attached hydrogens (tertiary/aromatic N) is 2. The summed E-state index contributed by atoms with van der Waals surface area (Å²) in [5.74, 6) is -0.436. The molecule has 0 radical (unpaired) electrons. The van der Waals surface area contributed by atoms with E-state index in [4.69, 9.17) is 10.00 Å². The van der Waals surface area contributed by atoms with E-state index in [2.05, 4.69) is 5.32 Å². The third-order valence-electron chi connectivity index (χ3n) is 3.51. The summed E-state index contributed by atoms with van der Waals surface area (Å²) in [7, 11) is 0. The minimum Gasteiger partial charge on any atom is -0.463 e. The average Bonchev–Trinajstić information content (AvgIpc) is 2.58. The summed E-state index contributed by atoms with van der Waals surface area (Å²) < 4.78 is 5.09. The molecule has 0 spiro atoms. The average molecular weight is 339 g/mol. The van der Waals surface area contributed by atoms with Crippen LogP contribution < -0.4 is 5.32 Å². The van der Waals surface area contributed by atoms with Crippen molar-refractivity contribution in [2.75, 3.05) is 11.9 Å². The van der Waals surface area contributed by atoms with Gasteiger partial charge in [0.15, 0.2) is 0 Å². The lowest BCUT2D eigenvalue weighted by molar-refractivity contribution is -0.385. The maximum atomic E-state index is 11.2. The number of nitriles is 1. The van der Waals surface area contributed by atoms with E-state index in [0.717, 1.165) is 5.56 Å². The second-order valence-electron chi connectivity index (χ2n) is 5.55. The maximum absolute atomic E-state index is 11.2. The highest BCUT2D eigenvalue weighted by atomic mass is 16.6. The molecule has 1 unspecified atom stereocenters. The van der Waals surface area contributed by atoms with Crippen molar-refractivity contribution < 1.29 is 14.5 Å². The molecule has 0 saturated heterocycles. The normalized spacial score (nSPS) is 11.2. The highest BCUT2D eigenvalue weighted by molar-refractivity contribution is 5.66. The summed E-state index contributed by atoms with van der Waals surface area (Å²) in [6.45, 7) is 3.09. The molecule has 2 aromatic carbocycles. The van der Waals surface area contributed by atoms with Gasteiger partial charge in [0.1, 0.15) is 6.61 Å². The summed E-state index contributed by atoms with van der Waals surface area (Å²) in [6.07, 6.45) is 0. The van der Waals surface area contributed by atoms with Crippen LogP contribution in [0.3, 0.4) is 0 Å². The van der Waals surface area contributed by atoms with Gasteiger partial charge < -0.3 is 10.1 Å². The Balaban J connectivity index is 2.33. The highest BCUT2D eigenvalue weighted by Gasteiger charge is 2.18. The number of non-ortho nitro benzene ring substituents is 1. The van der Waals surface area contributed by atoms with Crippen molar-refractivity contribution in [3.63, 3.8) is 0 Å². The first-order valence-electron chi connectivity index (χ1n) is 7.55. The van der Waals surface area contributed by atoms with Gasteiger partial charge >= 0.3 is 5.97 Å². The van der Waals surface area contributed by atoms with Gasteiger partial charge in [0.25, 0.3) is 5.69 Å². The summed E-state index contributed by atoms with van der Waals surface area (Å²) in [4.78, 5) is 21.8. The van der Waals surface area contributed by atoms with Crippen molar-refractivity contribution in [3.8, 4) is 6.07 Å². The molecule has 0 bridgehead atoms. The number of anilines is 1. The molecule has 1 atom stereocenters. The van der Waals surface area contributed by atoms with Crippen LogP contribution in [0.1, 0.15) is 29.7 Å². The lowest BCUT2D eigenvalue weighted by Gasteiger charge is -2.20. The van der Waals surface area contributed by atoms with Gasteiger partial charge in [-0.25, -0.2) is 0 Å². The van der Waals surface area contributed by atoms with Crippen molar-refractivity contribution in [1.82, 2.24) is 0 Å². The van der Waals surface area contributed by atoms with Crippen molar-refractivity contribution in [1.29, 1.82) is 5.26 Å². The van der Waals surface area contributed by atoms with Crippen molar-refractivity contribution >= 4 is 17.3 Å². The van der Waals surface area contributed by atoms with Crippen LogP contribution in [-0.2, 0) is 9.53 Å². The number of nitro groups is 1. The Labute approximate surface area is 145 Å². The van der Waals surface area contributed by atoms with Crippen LogP contribution in [0.2, 0.25) is 0 Å². The monoisotopic (exact) mass is 339 g/mol. The standard InChI is InChI=1S/C18H17N3O4/c1-12-7-15(9-17(8-12)21(23)24)18(11-25-13(2)22)20-16-5-3-14(10-19)4-6-16/h3-9,18,20H,11H2,1-2H3. The van der Waals surface area contributed by atoms with Crippen molar-refractivity contribution in [3.05, 3.63) is 69.3 Å². The van der Waals surface area contributed by atoms with E-state index >= 15 is 0 Å². The lowest BCUT2D eigenvalue weighted by Crippen LogP contribution is -2.19. The van der Waals surface area contributed by atoms with Crippen LogP contribution in [-0.4, -0.2) is 17.5 Å². The van der Waals surface area contributed by atoms with E-state index in [1.165, 1.54) is 19.1 Å². The third-order valence-corrected chi connectivity index (χ3v) is 3.51. The first-order chi connectivity index (χ1) is 11.9. The Morgan fingerprint density at radius 3 is 2.56 bits per heavy atom. The summed E-state index contributed by atoms with van der Waals surface area (Å²) in [6, 6.07) is 13.1. The Kier molecular flexibility index (Phi) is 5.69. The molecule has 128 valence electrons. The lowest BCUT2D eigenvalue weighted by atomic mass is 10.0. The van der Waals surface area contributed by atoms with Crippen LogP contribution in [0.4, 0.5) is 11.4 Å². The predicted molar refractivity (Wildman–Crippen MR) is 92.0 cm³/mol. The fourth-order valence-electron chi connectivity index (χ4n) is 2.36. The summed E-state index contributed by atoms with van der Waals surface area (Å²) in [5, 5.41) is 23.1. The van der Waals surface area contributed by atoms with E-state index in [1.54, 1.807) is 37.3 Å². The van der Waals surface area contributed by atoms with E-state index in [1.807, 2.05) is 6.07 Å². The predicted octanol–water partition coefficient (Wildman–Crippen LogP) is 3.49. The van der Waals surface area contributed by atoms with Gasteiger partial charge in [0.2, 0.25) is 0 Å². The number of esters is 1. The third kappa shape index (κ3) is 5.04. The number of carbonyl (C=O) groups excluding carboxylic acids is 1. The maximum Gasteiger partial charge on any atom is 0.302 e. The zero-order valence-electron chi connectivity index (χ0n) is 13.9. The molecule has 25 heavy (non-hydrogen) atoms. The van der Waals surface area contributed by atoms with Crippen LogP contribution in [0.15, 0.2) is 42.5 Å². The molecule has 0 amide bonds. The zero-order valence-corrected chi connectivity index (χ0v) is 13.9. The number of ether oxygens (including phenoxy) is 1. The van der Waals surface area contributed by atoms with Gasteiger partial charge in [-0.05, 0) is 42.3 Å². The van der Waals surface area contributed by atoms with Gasteiger partial charge in [-0.1, -0.05) is 6.07 Å². The minimum absolute atomic E-state index is 0.0237. The number of hydrogen-bond donors (Lipinski definition) is 1. The molecule has 0 aliphatic carbocycles. The van der Waals surface area contributed by atoms with Gasteiger partial charge in [0.05, 0.1) is 22.6 Å². The summed E-state index contributed by atoms with van der Waals surface area (Å²) >= 11 is 0. The molecular weight excluding hydrogens is 322 g/mol. The Hall–Kier alpha value is -3.40. The van der Waals surface area contributed by atoms with Gasteiger partial charge in [-0.3, -0.25) is 14.9 Å². The number of benzene rings is 2. The fourth-order valence-corrected chi connectivity index (χ4v) is 2.36. The molecule has 2 rings (SSSR count).